The Bertz CT molecular complexity index is 284. The normalized spacial score (nSPS) is 23.7. The summed E-state index contributed by atoms with van der Waals surface area (Å²) in [5.74, 6) is 0. The van der Waals surface area contributed by atoms with E-state index in [-0.39, 0.29) is 6.54 Å². The molecule has 0 aromatic heterocycles. The molecule has 7 nitrogen and oxygen atoms in total. The second kappa shape index (κ2) is 8.31. The van der Waals surface area contributed by atoms with Crippen molar-refractivity contribution in [3.05, 3.63) is 0 Å². The molecule has 1 rings (SSSR count). The van der Waals surface area contributed by atoms with E-state index in [1.54, 1.807) is 0 Å². The molecule has 1 aliphatic heterocycles. The van der Waals surface area contributed by atoms with Gasteiger partial charge >= 0.3 is 0 Å². The zero-order valence-corrected chi connectivity index (χ0v) is 12.0. The topological polar surface area (TPSA) is 98.8 Å². The van der Waals surface area contributed by atoms with Gasteiger partial charge < -0.3 is 14.4 Å². The Morgan fingerprint density at radius 3 is 2.06 bits per heavy atom. The van der Waals surface area contributed by atoms with Gasteiger partial charge in [-0.15, -0.1) is 0 Å². The van der Waals surface area contributed by atoms with E-state index in [9.17, 15) is 17.5 Å². The average molecular weight is 297 g/mol. The van der Waals surface area contributed by atoms with Gasteiger partial charge in [-0.2, -0.15) is 0 Å². The highest BCUT2D eigenvalue weighted by molar-refractivity contribution is 7.97. The van der Waals surface area contributed by atoms with Crippen molar-refractivity contribution in [3.8, 4) is 0 Å². The molecule has 0 aromatic rings. The van der Waals surface area contributed by atoms with Crippen LogP contribution in [-0.2, 0) is 22.2 Å². The first kappa shape index (κ1) is 16.2. The second-order valence-corrected chi connectivity index (χ2v) is 6.67. The van der Waals surface area contributed by atoms with E-state index < -0.39 is 26.7 Å². The first-order valence-corrected chi connectivity index (χ1v) is 8.07. The molecule has 2 atom stereocenters. The number of rotatable bonds is 7. The molecule has 0 bridgehead atoms. The number of piperazine rings is 1. The molecule has 1 fully saturated rings. The molecule has 18 heavy (non-hydrogen) atoms. The first-order valence-electron chi connectivity index (χ1n) is 5.80. The highest BCUT2D eigenvalue weighted by Crippen LogP contribution is 2.06. The summed E-state index contributed by atoms with van der Waals surface area (Å²) in [5.41, 5.74) is 0. The fraction of sp³-hybridized carbons (Fsp3) is 1.00. The van der Waals surface area contributed by atoms with Crippen molar-refractivity contribution in [2.24, 2.45) is 0 Å². The van der Waals surface area contributed by atoms with E-state index in [0.29, 0.717) is 13.1 Å². The smallest absolute Gasteiger partial charge is 0.0963 e. The molecule has 0 aromatic carbocycles. The van der Waals surface area contributed by atoms with Gasteiger partial charge in [0.05, 0.1) is 4.58 Å². The Balaban J connectivity index is 2.34. The fourth-order valence-electron chi connectivity index (χ4n) is 1.86. The van der Waals surface area contributed by atoms with E-state index >= 15 is 0 Å². The van der Waals surface area contributed by atoms with Crippen LogP contribution >= 0.6 is 0 Å². The van der Waals surface area contributed by atoms with Crippen molar-refractivity contribution in [1.29, 1.82) is 0 Å². The second-order valence-electron chi connectivity index (χ2n) is 4.20. The van der Waals surface area contributed by atoms with Crippen molar-refractivity contribution in [2.45, 2.75) is 4.58 Å². The van der Waals surface area contributed by atoms with Crippen LogP contribution in [0.25, 0.3) is 0 Å². The standard InChI is InChI=1S/C9H21N3O4S2/c1-10-2-3-11-4-6-12(7-5-11)8-9(17(13)14)18(15)16/h9-10H,2-8H2,1H3,(H,13,14)(H,15,16)/p-2. The number of hydrogen-bond acceptors (Lipinski definition) is 7. The molecule has 0 spiro atoms. The summed E-state index contributed by atoms with van der Waals surface area (Å²) in [5, 5.41) is 3.07. The largest absolute Gasteiger partial charge is 0.771 e. The van der Waals surface area contributed by atoms with Gasteiger partial charge in [-0.3, -0.25) is 18.2 Å². The summed E-state index contributed by atoms with van der Waals surface area (Å²) in [4.78, 5) is 4.15. The van der Waals surface area contributed by atoms with Gasteiger partial charge in [0.1, 0.15) is 0 Å². The van der Waals surface area contributed by atoms with Crippen LogP contribution in [-0.4, -0.2) is 84.8 Å². The van der Waals surface area contributed by atoms with Crippen LogP contribution in [0.15, 0.2) is 0 Å². The molecule has 2 unspecified atom stereocenters. The number of nitrogens with one attached hydrogen (secondary N) is 1. The lowest BCUT2D eigenvalue weighted by Crippen LogP contribution is -2.50. The number of nitrogens with zero attached hydrogens (tertiary/aromatic N) is 2. The molecule has 1 aliphatic rings. The van der Waals surface area contributed by atoms with E-state index in [1.165, 1.54) is 0 Å². The summed E-state index contributed by atoms with van der Waals surface area (Å²) < 4.78 is 41.8. The molecule has 0 amide bonds. The number of hydrogen-bond donors (Lipinski definition) is 1. The van der Waals surface area contributed by atoms with Gasteiger partial charge in [0.2, 0.25) is 0 Å². The maximum atomic E-state index is 10.8. The Labute approximate surface area is 112 Å². The Morgan fingerprint density at radius 1 is 1.11 bits per heavy atom. The fourth-order valence-corrected chi connectivity index (χ4v) is 3.04. The van der Waals surface area contributed by atoms with Crippen molar-refractivity contribution in [1.82, 2.24) is 15.1 Å². The molecule has 1 N–H and O–H groups in total. The van der Waals surface area contributed by atoms with Crippen LogP contribution in [0.3, 0.4) is 0 Å². The summed E-state index contributed by atoms with van der Waals surface area (Å²) in [6, 6.07) is 0. The minimum absolute atomic E-state index is 0.0616. The molecule has 1 heterocycles. The summed E-state index contributed by atoms with van der Waals surface area (Å²) in [6.45, 7) is 5.01. The zero-order chi connectivity index (χ0) is 13.5. The molecule has 0 radical (unpaired) electrons. The minimum atomic E-state index is -2.58. The SMILES string of the molecule is CNCCN1CCN(CC(S(=O)[O-])S(=O)[O-])CC1. The van der Waals surface area contributed by atoms with Crippen LogP contribution in [0.2, 0.25) is 0 Å². The predicted octanol–water partition coefficient (Wildman–Crippen LogP) is -2.09. The van der Waals surface area contributed by atoms with Crippen LogP contribution in [0.1, 0.15) is 0 Å². The highest BCUT2D eigenvalue weighted by atomic mass is 32.3. The van der Waals surface area contributed by atoms with Crippen molar-refractivity contribution in [3.63, 3.8) is 0 Å². The lowest BCUT2D eigenvalue weighted by molar-refractivity contribution is 0.137. The Hall–Kier alpha value is 0.1000. The van der Waals surface area contributed by atoms with Crippen LogP contribution in [0, 0.1) is 0 Å². The van der Waals surface area contributed by atoms with E-state index in [4.69, 9.17) is 0 Å². The lowest BCUT2D eigenvalue weighted by Gasteiger charge is -2.37. The van der Waals surface area contributed by atoms with Crippen molar-refractivity contribution < 1.29 is 17.5 Å². The molecular formula is C9H19N3O4S2-2. The zero-order valence-electron chi connectivity index (χ0n) is 10.4. The third-order valence-electron chi connectivity index (χ3n) is 2.98. The van der Waals surface area contributed by atoms with Gasteiger partial charge in [-0.05, 0) is 29.2 Å². The highest BCUT2D eigenvalue weighted by Gasteiger charge is 2.20. The summed E-state index contributed by atoms with van der Waals surface area (Å²) >= 11 is -5.15. The van der Waals surface area contributed by atoms with E-state index in [2.05, 4.69) is 10.2 Å². The molecule has 108 valence electrons. The lowest BCUT2D eigenvalue weighted by atomic mass is 10.3. The average Bonchev–Trinajstić information content (AvgIpc) is 2.34. The molecule has 0 aliphatic carbocycles. The van der Waals surface area contributed by atoms with Crippen molar-refractivity contribution >= 4 is 22.2 Å². The predicted molar refractivity (Wildman–Crippen MR) is 68.4 cm³/mol. The van der Waals surface area contributed by atoms with Gasteiger partial charge in [0.25, 0.3) is 0 Å². The quantitative estimate of drug-likeness (QED) is 0.538. The maximum Gasteiger partial charge on any atom is 0.0963 e. The Morgan fingerprint density at radius 2 is 1.61 bits per heavy atom. The van der Waals surface area contributed by atoms with Gasteiger partial charge in [0.15, 0.2) is 0 Å². The minimum Gasteiger partial charge on any atom is -0.771 e. The van der Waals surface area contributed by atoms with Gasteiger partial charge in [0, 0.05) is 45.8 Å². The van der Waals surface area contributed by atoms with Gasteiger partial charge in [-0.1, -0.05) is 0 Å². The van der Waals surface area contributed by atoms with Crippen molar-refractivity contribution in [2.75, 3.05) is 52.9 Å². The monoisotopic (exact) mass is 297 g/mol. The number of likely N-dealkylation sites (N-methyl/N-ethyl adjacent to an activating group) is 1. The van der Waals surface area contributed by atoms with Gasteiger partial charge in [-0.25, -0.2) is 0 Å². The third kappa shape index (κ3) is 5.39. The van der Waals surface area contributed by atoms with Crippen LogP contribution in [0.5, 0.6) is 0 Å². The van der Waals surface area contributed by atoms with E-state index in [0.717, 1.165) is 26.2 Å². The van der Waals surface area contributed by atoms with Crippen LogP contribution < -0.4 is 5.32 Å². The summed E-state index contributed by atoms with van der Waals surface area (Å²) in [6.07, 6.45) is 0. The first-order chi connectivity index (χ1) is 8.54. The van der Waals surface area contributed by atoms with E-state index in [1.807, 2.05) is 11.9 Å². The molecule has 9 heteroatoms. The molecular weight excluding hydrogens is 278 g/mol. The molecule has 0 saturated carbocycles. The molecule has 1 saturated heterocycles. The van der Waals surface area contributed by atoms with Crippen LogP contribution in [0.4, 0.5) is 0 Å². The maximum absolute atomic E-state index is 10.8. The summed E-state index contributed by atoms with van der Waals surface area (Å²) in [7, 11) is 1.90. The third-order valence-corrected chi connectivity index (χ3v) is 5.08. The Kier molecular flexibility index (Phi) is 7.46.